The Morgan fingerprint density at radius 3 is 2.75 bits per heavy atom. The summed E-state index contributed by atoms with van der Waals surface area (Å²) < 4.78 is 12.6. The lowest BCUT2D eigenvalue weighted by Crippen LogP contribution is -2.42. The lowest BCUT2D eigenvalue weighted by atomic mass is 10.1. The van der Waals surface area contributed by atoms with Gasteiger partial charge in [0, 0.05) is 24.5 Å². The molecule has 2 aromatic heterocycles. The predicted octanol–water partition coefficient (Wildman–Crippen LogP) is 0.369. The molecule has 0 aromatic carbocycles. The third-order valence-electron chi connectivity index (χ3n) is 2.57. The number of nitrogens with zero attached hydrogens (tertiary/aromatic N) is 2. The Morgan fingerprint density at radius 1 is 1.40 bits per heavy atom. The summed E-state index contributed by atoms with van der Waals surface area (Å²) in [5.41, 5.74) is 0.664. The van der Waals surface area contributed by atoms with Crippen molar-refractivity contribution in [2.24, 2.45) is 0 Å². The van der Waals surface area contributed by atoms with Crippen LogP contribution in [-0.4, -0.2) is 38.0 Å². The fourth-order valence-electron chi connectivity index (χ4n) is 1.57. The number of aromatic amines is 1. The predicted molar refractivity (Wildman–Crippen MR) is 65.4 cm³/mol. The molecular formula is C12H11FN4O3. The molecule has 3 N–H and O–H groups in total. The average molecular weight is 278 g/mol. The van der Waals surface area contributed by atoms with Gasteiger partial charge in [-0.05, 0) is 12.1 Å². The van der Waals surface area contributed by atoms with E-state index in [0.717, 1.165) is 12.3 Å². The Hall–Kier alpha value is -2.77. The van der Waals surface area contributed by atoms with Crippen LogP contribution in [0.1, 0.15) is 16.1 Å². The second kappa shape index (κ2) is 5.91. The minimum atomic E-state index is -1.18. The summed E-state index contributed by atoms with van der Waals surface area (Å²) >= 11 is 0. The third kappa shape index (κ3) is 3.37. The molecule has 8 heteroatoms. The number of halogens is 1. The first kappa shape index (κ1) is 13.7. The monoisotopic (exact) mass is 278 g/mol. The van der Waals surface area contributed by atoms with E-state index in [4.69, 9.17) is 5.11 Å². The number of amides is 1. The zero-order chi connectivity index (χ0) is 14.5. The third-order valence-corrected chi connectivity index (χ3v) is 2.57. The van der Waals surface area contributed by atoms with Crippen molar-refractivity contribution < 1.29 is 19.1 Å². The topological polar surface area (TPSA) is 108 Å². The van der Waals surface area contributed by atoms with Gasteiger partial charge < -0.3 is 15.4 Å². The number of pyridine rings is 1. The zero-order valence-electron chi connectivity index (χ0n) is 10.2. The zero-order valence-corrected chi connectivity index (χ0v) is 10.2. The smallest absolute Gasteiger partial charge is 0.326 e. The molecule has 2 aromatic rings. The van der Waals surface area contributed by atoms with Crippen LogP contribution in [0.5, 0.6) is 0 Å². The Morgan fingerprint density at radius 2 is 2.20 bits per heavy atom. The first-order valence-electron chi connectivity index (χ1n) is 5.68. The Labute approximate surface area is 112 Å². The number of hydrogen-bond acceptors (Lipinski definition) is 4. The highest BCUT2D eigenvalue weighted by Gasteiger charge is 2.21. The van der Waals surface area contributed by atoms with E-state index in [9.17, 15) is 14.0 Å². The number of carboxylic acid groups (broad SMARTS) is 1. The van der Waals surface area contributed by atoms with Gasteiger partial charge in [0.25, 0.3) is 5.91 Å². The summed E-state index contributed by atoms with van der Waals surface area (Å²) in [6.07, 6.45) is 4.00. The molecule has 1 unspecified atom stereocenters. The highest BCUT2D eigenvalue weighted by Crippen LogP contribution is 2.03. The van der Waals surface area contributed by atoms with Gasteiger partial charge in [0.05, 0.1) is 11.9 Å². The molecule has 0 saturated carbocycles. The summed E-state index contributed by atoms with van der Waals surface area (Å²) in [6, 6.07) is 1.14. The molecule has 2 rings (SSSR count). The highest BCUT2D eigenvalue weighted by atomic mass is 19.1. The first-order chi connectivity index (χ1) is 9.56. The maximum atomic E-state index is 12.6. The molecule has 20 heavy (non-hydrogen) atoms. The molecule has 0 aliphatic heterocycles. The van der Waals surface area contributed by atoms with E-state index < -0.39 is 23.9 Å². The van der Waals surface area contributed by atoms with E-state index in [1.54, 1.807) is 0 Å². The first-order valence-corrected chi connectivity index (χ1v) is 5.68. The number of H-pyrrole nitrogens is 1. The van der Waals surface area contributed by atoms with Crippen LogP contribution >= 0.6 is 0 Å². The fraction of sp³-hybridized carbons (Fsp3) is 0.167. The fourth-order valence-corrected chi connectivity index (χ4v) is 1.57. The van der Waals surface area contributed by atoms with Crippen LogP contribution in [0.4, 0.5) is 4.39 Å². The molecule has 1 atom stereocenters. The highest BCUT2D eigenvalue weighted by molar-refractivity contribution is 5.96. The number of hydrogen-bond donors (Lipinski definition) is 3. The van der Waals surface area contributed by atoms with E-state index in [0.29, 0.717) is 5.69 Å². The molecule has 1 amide bonds. The van der Waals surface area contributed by atoms with Gasteiger partial charge in [0.15, 0.2) is 0 Å². The summed E-state index contributed by atoms with van der Waals surface area (Å²) in [4.78, 5) is 32.8. The number of rotatable bonds is 5. The molecule has 0 bridgehead atoms. The Kier molecular flexibility index (Phi) is 4.04. The number of imidazole rings is 1. The van der Waals surface area contributed by atoms with Crippen molar-refractivity contribution in [1.29, 1.82) is 0 Å². The number of carboxylic acids is 1. The van der Waals surface area contributed by atoms with Gasteiger partial charge in [0.2, 0.25) is 5.95 Å². The van der Waals surface area contributed by atoms with E-state index in [1.807, 2.05) is 0 Å². The van der Waals surface area contributed by atoms with Gasteiger partial charge in [-0.2, -0.15) is 4.39 Å². The second-order valence-electron chi connectivity index (χ2n) is 4.01. The van der Waals surface area contributed by atoms with Crippen molar-refractivity contribution in [3.05, 3.63) is 48.1 Å². The number of carbonyl (C=O) groups excluding carboxylic acids is 1. The molecule has 2 heterocycles. The molecule has 0 fully saturated rings. The van der Waals surface area contributed by atoms with Crippen LogP contribution in [-0.2, 0) is 11.2 Å². The van der Waals surface area contributed by atoms with Gasteiger partial charge in [-0.15, -0.1) is 0 Å². The lowest BCUT2D eigenvalue weighted by molar-refractivity contribution is -0.139. The molecule has 0 aliphatic carbocycles. The summed E-state index contributed by atoms with van der Waals surface area (Å²) in [5, 5.41) is 11.4. The molecular weight excluding hydrogens is 267 g/mol. The Balaban J connectivity index is 2.06. The van der Waals surface area contributed by atoms with Crippen molar-refractivity contribution in [3.63, 3.8) is 0 Å². The number of aromatic nitrogens is 3. The maximum absolute atomic E-state index is 12.6. The lowest BCUT2D eigenvalue weighted by Gasteiger charge is -2.13. The van der Waals surface area contributed by atoms with E-state index in [-0.39, 0.29) is 12.0 Å². The van der Waals surface area contributed by atoms with Crippen molar-refractivity contribution in [1.82, 2.24) is 20.3 Å². The normalized spacial score (nSPS) is 11.8. The van der Waals surface area contributed by atoms with Crippen LogP contribution in [0.2, 0.25) is 0 Å². The van der Waals surface area contributed by atoms with Crippen molar-refractivity contribution >= 4 is 11.9 Å². The molecule has 0 radical (unpaired) electrons. The van der Waals surface area contributed by atoms with Crippen molar-refractivity contribution in [2.45, 2.75) is 12.5 Å². The molecule has 7 nitrogen and oxygen atoms in total. The molecule has 104 valence electrons. The van der Waals surface area contributed by atoms with Crippen LogP contribution < -0.4 is 5.32 Å². The van der Waals surface area contributed by atoms with Crippen LogP contribution in [0.15, 0.2) is 30.9 Å². The maximum Gasteiger partial charge on any atom is 0.326 e. The van der Waals surface area contributed by atoms with Crippen molar-refractivity contribution in [3.8, 4) is 0 Å². The van der Waals surface area contributed by atoms with Crippen LogP contribution in [0.3, 0.4) is 0 Å². The van der Waals surface area contributed by atoms with E-state index in [1.165, 1.54) is 18.6 Å². The minimum Gasteiger partial charge on any atom is -0.480 e. The Bertz CT molecular complexity index is 598. The van der Waals surface area contributed by atoms with Gasteiger partial charge in [-0.1, -0.05) is 0 Å². The van der Waals surface area contributed by atoms with E-state index >= 15 is 0 Å². The number of aliphatic carboxylic acids is 1. The number of carbonyl (C=O) groups is 2. The molecule has 0 aliphatic rings. The van der Waals surface area contributed by atoms with Gasteiger partial charge in [0.1, 0.15) is 6.04 Å². The molecule has 0 saturated heterocycles. The molecule has 0 spiro atoms. The van der Waals surface area contributed by atoms with Gasteiger partial charge >= 0.3 is 5.97 Å². The summed E-state index contributed by atoms with van der Waals surface area (Å²) in [7, 11) is 0. The van der Waals surface area contributed by atoms with E-state index in [2.05, 4.69) is 20.3 Å². The van der Waals surface area contributed by atoms with Gasteiger partial charge in [-0.25, -0.2) is 14.8 Å². The summed E-state index contributed by atoms with van der Waals surface area (Å²) in [6.45, 7) is 0. The minimum absolute atomic E-state index is 0.0652. The quantitative estimate of drug-likeness (QED) is 0.685. The number of nitrogens with one attached hydrogen (secondary N) is 2. The largest absolute Gasteiger partial charge is 0.480 e. The van der Waals surface area contributed by atoms with Crippen molar-refractivity contribution in [2.75, 3.05) is 0 Å². The second-order valence-corrected chi connectivity index (χ2v) is 4.01. The van der Waals surface area contributed by atoms with Gasteiger partial charge in [-0.3, -0.25) is 4.79 Å². The average Bonchev–Trinajstić information content (AvgIpc) is 2.91. The standard InChI is InChI=1S/C12H11FN4O3/c13-10-2-1-7(4-15-10)11(18)17-9(12(19)20)3-8-5-14-6-16-8/h1-2,4-6,9H,3H2,(H,14,16)(H,17,18)(H,19,20). The van der Waals surface area contributed by atoms with Crippen LogP contribution in [0, 0.1) is 5.95 Å². The van der Waals surface area contributed by atoms with Crippen LogP contribution in [0.25, 0.3) is 0 Å². The SMILES string of the molecule is O=C(NC(Cc1cnc[nH]1)C(=O)O)c1ccc(F)nc1. The summed E-state index contributed by atoms with van der Waals surface area (Å²) in [5.74, 6) is -2.53.